The predicted octanol–water partition coefficient (Wildman–Crippen LogP) is 2.20. The van der Waals surface area contributed by atoms with Gasteiger partial charge in [-0.15, -0.1) is 0 Å². The number of hydrogen-bond donors (Lipinski definition) is 2. The van der Waals surface area contributed by atoms with Crippen molar-refractivity contribution in [2.24, 2.45) is 0 Å². The number of carbonyl (C=O) groups is 2. The molecule has 1 aromatic carbocycles. The van der Waals surface area contributed by atoms with E-state index in [4.69, 9.17) is 9.84 Å². The van der Waals surface area contributed by atoms with Gasteiger partial charge in [0.15, 0.2) is 6.61 Å². The molecule has 0 saturated heterocycles. The summed E-state index contributed by atoms with van der Waals surface area (Å²) in [6.07, 6.45) is 2.36. The molecule has 5 nitrogen and oxygen atoms in total. The van der Waals surface area contributed by atoms with Crippen molar-refractivity contribution in [1.82, 2.24) is 5.32 Å². The van der Waals surface area contributed by atoms with E-state index in [1.54, 1.807) is 0 Å². The van der Waals surface area contributed by atoms with Crippen LogP contribution in [-0.4, -0.2) is 29.1 Å². The first-order chi connectivity index (χ1) is 9.90. The van der Waals surface area contributed by atoms with Gasteiger partial charge in [-0.2, -0.15) is 0 Å². The highest BCUT2D eigenvalue weighted by Crippen LogP contribution is 2.34. The molecular weight excluding hydrogens is 270 g/mol. The SMILES string of the molecule is Cc1ccc(OCC(=O)NC2(CC(=O)O)CCC2)c(C)c1. The molecule has 5 heteroatoms. The smallest absolute Gasteiger partial charge is 0.305 e. The molecule has 21 heavy (non-hydrogen) atoms. The van der Waals surface area contributed by atoms with Gasteiger partial charge >= 0.3 is 5.97 Å². The average molecular weight is 291 g/mol. The lowest BCUT2D eigenvalue weighted by Crippen LogP contribution is -2.55. The lowest BCUT2D eigenvalue weighted by atomic mass is 9.74. The van der Waals surface area contributed by atoms with Gasteiger partial charge in [0.1, 0.15) is 5.75 Å². The highest BCUT2D eigenvalue weighted by molar-refractivity contribution is 5.80. The van der Waals surface area contributed by atoms with Gasteiger partial charge in [0, 0.05) is 0 Å². The van der Waals surface area contributed by atoms with Gasteiger partial charge in [0.05, 0.1) is 12.0 Å². The normalized spacial score (nSPS) is 15.9. The standard InChI is InChI=1S/C16H21NO4/c1-11-4-5-13(12(2)8-11)21-10-14(18)17-16(6-3-7-16)9-15(19)20/h4-5,8H,3,6-7,9-10H2,1-2H3,(H,17,18)(H,19,20). The summed E-state index contributed by atoms with van der Waals surface area (Å²) in [6.45, 7) is 3.83. The fraction of sp³-hybridized carbons (Fsp3) is 0.500. The first-order valence-electron chi connectivity index (χ1n) is 7.13. The molecule has 1 saturated carbocycles. The number of aliphatic carboxylic acids is 1. The van der Waals surface area contributed by atoms with E-state index >= 15 is 0 Å². The van der Waals surface area contributed by atoms with E-state index in [1.807, 2.05) is 32.0 Å². The Bertz CT molecular complexity index is 549. The van der Waals surface area contributed by atoms with E-state index in [2.05, 4.69) is 5.32 Å². The molecular formula is C16H21NO4. The number of rotatable bonds is 6. The molecule has 0 bridgehead atoms. The fourth-order valence-electron chi connectivity index (χ4n) is 2.68. The third-order valence-corrected chi connectivity index (χ3v) is 3.89. The van der Waals surface area contributed by atoms with E-state index in [0.29, 0.717) is 18.6 Å². The van der Waals surface area contributed by atoms with Crippen LogP contribution in [0.4, 0.5) is 0 Å². The van der Waals surface area contributed by atoms with E-state index < -0.39 is 11.5 Å². The van der Waals surface area contributed by atoms with Crippen molar-refractivity contribution in [1.29, 1.82) is 0 Å². The molecule has 0 radical (unpaired) electrons. The Morgan fingerprint density at radius 2 is 2.05 bits per heavy atom. The van der Waals surface area contributed by atoms with Crippen molar-refractivity contribution in [3.05, 3.63) is 29.3 Å². The average Bonchev–Trinajstić information content (AvgIpc) is 2.34. The summed E-state index contributed by atoms with van der Waals surface area (Å²) in [5.41, 5.74) is 1.54. The fourth-order valence-corrected chi connectivity index (χ4v) is 2.68. The van der Waals surface area contributed by atoms with E-state index in [9.17, 15) is 9.59 Å². The summed E-state index contributed by atoms with van der Waals surface area (Å²) >= 11 is 0. The molecule has 1 aromatic rings. The van der Waals surface area contributed by atoms with Crippen LogP contribution in [0.1, 0.15) is 36.8 Å². The van der Waals surface area contributed by atoms with Gasteiger partial charge < -0.3 is 15.2 Å². The number of carbonyl (C=O) groups excluding carboxylic acids is 1. The number of amides is 1. The summed E-state index contributed by atoms with van der Waals surface area (Å²) in [4.78, 5) is 22.8. The van der Waals surface area contributed by atoms with Crippen molar-refractivity contribution in [3.8, 4) is 5.75 Å². The van der Waals surface area contributed by atoms with Crippen LogP contribution < -0.4 is 10.1 Å². The van der Waals surface area contributed by atoms with Crippen LogP contribution in [0, 0.1) is 13.8 Å². The second-order valence-electron chi connectivity index (χ2n) is 5.81. The van der Waals surface area contributed by atoms with Gasteiger partial charge in [0.2, 0.25) is 0 Å². The largest absolute Gasteiger partial charge is 0.484 e. The van der Waals surface area contributed by atoms with Crippen LogP contribution in [0.5, 0.6) is 5.75 Å². The highest BCUT2D eigenvalue weighted by atomic mass is 16.5. The summed E-state index contributed by atoms with van der Waals surface area (Å²) in [5.74, 6) is -0.474. The molecule has 1 fully saturated rings. The van der Waals surface area contributed by atoms with Crippen molar-refractivity contribution in [3.63, 3.8) is 0 Å². The first-order valence-corrected chi connectivity index (χ1v) is 7.13. The van der Waals surface area contributed by atoms with Crippen LogP contribution in [0.25, 0.3) is 0 Å². The molecule has 0 unspecified atom stereocenters. The van der Waals surface area contributed by atoms with Crippen LogP contribution >= 0.6 is 0 Å². The number of carboxylic acids is 1. The number of hydrogen-bond acceptors (Lipinski definition) is 3. The summed E-state index contributed by atoms with van der Waals surface area (Å²) < 4.78 is 5.51. The molecule has 1 aliphatic carbocycles. The zero-order valence-electron chi connectivity index (χ0n) is 12.4. The minimum absolute atomic E-state index is 0.0255. The van der Waals surface area contributed by atoms with Crippen LogP contribution in [0.3, 0.4) is 0 Å². The van der Waals surface area contributed by atoms with Crippen LogP contribution in [0.15, 0.2) is 18.2 Å². The minimum Gasteiger partial charge on any atom is -0.484 e. The number of benzene rings is 1. The quantitative estimate of drug-likeness (QED) is 0.842. The Kier molecular flexibility index (Phi) is 4.50. The second kappa shape index (κ2) is 6.16. The maximum absolute atomic E-state index is 12.0. The number of aryl methyl sites for hydroxylation is 2. The third kappa shape index (κ3) is 3.97. The number of nitrogens with one attached hydrogen (secondary N) is 1. The first kappa shape index (κ1) is 15.4. The van der Waals surface area contributed by atoms with Gasteiger partial charge in [-0.05, 0) is 44.7 Å². The molecule has 1 amide bonds. The topological polar surface area (TPSA) is 75.6 Å². The Morgan fingerprint density at radius 1 is 1.33 bits per heavy atom. The Hall–Kier alpha value is -2.04. The monoisotopic (exact) mass is 291 g/mol. The molecule has 1 aliphatic rings. The van der Waals surface area contributed by atoms with Crippen molar-refractivity contribution in [2.75, 3.05) is 6.61 Å². The zero-order valence-corrected chi connectivity index (χ0v) is 12.4. The molecule has 2 rings (SSSR count). The van der Waals surface area contributed by atoms with Crippen molar-refractivity contribution >= 4 is 11.9 Å². The Balaban J connectivity index is 1.88. The molecule has 0 aromatic heterocycles. The molecule has 114 valence electrons. The number of ether oxygens (including phenoxy) is 1. The molecule has 0 aliphatic heterocycles. The summed E-state index contributed by atoms with van der Waals surface area (Å²) in [6, 6.07) is 5.76. The van der Waals surface area contributed by atoms with Crippen molar-refractivity contribution < 1.29 is 19.4 Å². The molecule has 0 heterocycles. The minimum atomic E-state index is -0.884. The Labute approximate surface area is 124 Å². The van der Waals surface area contributed by atoms with Gasteiger partial charge in [-0.3, -0.25) is 9.59 Å². The lowest BCUT2D eigenvalue weighted by Gasteiger charge is -2.41. The molecule has 0 atom stereocenters. The third-order valence-electron chi connectivity index (χ3n) is 3.89. The number of carboxylic acid groups (broad SMARTS) is 1. The van der Waals surface area contributed by atoms with Crippen LogP contribution in [0.2, 0.25) is 0 Å². The Morgan fingerprint density at radius 3 is 2.57 bits per heavy atom. The van der Waals surface area contributed by atoms with Crippen molar-refractivity contribution in [2.45, 2.75) is 45.1 Å². The van der Waals surface area contributed by atoms with Crippen LogP contribution in [-0.2, 0) is 9.59 Å². The van der Waals surface area contributed by atoms with Gasteiger partial charge in [-0.25, -0.2) is 0 Å². The van der Waals surface area contributed by atoms with E-state index in [0.717, 1.165) is 17.5 Å². The maximum atomic E-state index is 12.0. The van der Waals surface area contributed by atoms with Gasteiger partial charge in [-0.1, -0.05) is 17.7 Å². The zero-order chi connectivity index (χ0) is 15.5. The summed E-state index contributed by atoms with van der Waals surface area (Å²) in [5, 5.41) is 11.7. The maximum Gasteiger partial charge on any atom is 0.305 e. The molecule has 2 N–H and O–H groups in total. The van der Waals surface area contributed by atoms with Gasteiger partial charge in [0.25, 0.3) is 5.91 Å². The predicted molar refractivity (Wildman–Crippen MR) is 78.4 cm³/mol. The van der Waals surface area contributed by atoms with E-state index in [-0.39, 0.29) is 18.9 Å². The molecule has 0 spiro atoms. The highest BCUT2D eigenvalue weighted by Gasteiger charge is 2.40. The van der Waals surface area contributed by atoms with E-state index in [1.165, 1.54) is 0 Å². The summed E-state index contributed by atoms with van der Waals surface area (Å²) in [7, 11) is 0. The lowest BCUT2D eigenvalue weighted by molar-refractivity contribution is -0.140. The second-order valence-corrected chi connectivity index (χ2v) is 5.81.